The number of benzene rings is 2. The molecule has 0 bridgehead atoms. The first-order valence-corrected chi connectivity index (χ1v) is 27.2. The Labute approximate surface area is 464 Å². The number of likely N-dealkylation sites (tertiary alicyclic amines) is 1. The SMILES string of the molecule is O=C(CCOCCOCCOCCOCCn1cc(COCCOCCOCCOCCOCCCCn2c(CN3C(=O)C4(CN(C(=O)C5CCC5)C4)c4ccncc43)nc3cc(Cl)ccc32)nn1)Oc1c(F)c(F)cc(F)c1F. The second kappa shape index (κ2) is 30.9. The molecule has 26 heteroatoms. The lowest BCUT2D eigenvalue weighted by molar-refractivity contribution is -0.149. The van der Waals surface area contributed by atoms with E-state index in [-0.39, 0.29) is 63.4 Å². The maximum Gasteiger partial charge on any atom is 0.313 e. The minimum atomic E-state index is -1.80. The van der Waals surface area contributed by atoms with Crippen molar-refractivity contribution in [3.63, 3.8) is 0 Å². The van der Waals surface area contributed by atoms with Crippen LogP contribution in [0.1, 0.15) is 55.6 Å². The van der Waals surface area contributed by atoms with Crippen molar-refractivity contribution in [1.82, 2.24) is 34.4 Å². The zero-order chi connectivity index (χ0) is 56.1. The van der Waals surface area contributed by atoms with Gasteiger partial charge in [0.15, 0.2) is 11.6 Å². The molecule has 5 heterocycles. The molecule has 8 rings (SSSR count). The van der Waals surface area contributed by atoms with Crippen molar-refractivity contribution >= 4 is 46.1 Å². The summed E-state index contributed by atoms with van der Waals surface area (Å²) in [6.45, 7) is 8.32. The maximum absolute atomic E-state index is 14.3. The summed E-state index contributed by atoms with van der Waals surface area (Å²) < 4.78 is 112. The Morgan fingerprint density at radius 3 is 1.93 bits per heavy atom. The Bertz CT molecular complexity index is 2780. The van der Waals surface area contributed by atoms with Crippen molar-refractivity contribution in [1.29, 1.82) is 0 Å². The molecule has 1 saturated carbocycles. The summed E-state index contributed by atoms with van der Waals surface area (Å²) in [4.78, 5) is 52.0. The Morgan fingerprint density at radius 2 is 1.30 bits per heavy atom. The van der Waals surface area contributed by atoms with E-state index in [0.717, 1.165) is 60.2 Å². The minimum Gasteiger partial charge on any atom is -0.420 e. The third kappa shape index (κ3) is 16.5. The number of nitrogens with zero attached hydrogens (tertiary/aromatic N) is 8. The predicted octanol–water partition coefficient (Wildman–Crippen LogP) is 5.79. The summed E-state index contributed by atoms with van der Waals surface area (Å²) in [5.41, 5.74) is 3.32. The number of unbranched alkanes of at least 4 members (excludes halogenated alkanes) is 1. The number of aromatic nitrogens is 6. The fraction of sp³-hybridized carbons (Fsp3) is 0.574. The number of halogens is 5. The quantitative estimate of drug-likeness (QED) is 0.0151. The van der Waals surface area contributed by atoms with Gasteiger partial charge >= 0.3 is 5.97 Å². The van der Waals surface area contributed by atoms with E-state index in [1.165, 1.54) is 0 Å². The predicted molar refractivity (Wildman–Crippen MR) is 278 cm³/mol. The zero-order valence-corrected chi connectivity index (χ0v) is 45.2. The van der Waals surface area contributed by atoms with Gasteiger partial charge in [0.1, 0.15) is 16.9 Å². The van der Waals surface area contributed by atoms with Gasteiger partial charge in [-0.25, -0.2) is 18.4 Å². The van der Waals surface area contributed by atoms with E-state index >= 15 is 0 Å². The van der Waals surface area contributed by atoms with Gasteiger partial charge in [0.2, 0.25) is 29.2 Å². The molecular formula is C54H67ClF4N8O13. The number of hydrogen-bond acceptors (Lipinski definition) is 17. The first-order valence-electron chi connectivity index (χ1n) is 26.8. The highest BCUT2D eigenvalue weighted by molar-refractivity contribution is 6.31. The molecule has 80 heavy (non-hydrogen) atoms. The summed E-state index contributed by atoms with van der Waals surface area (Å²) in [5, 5.41) is 8.78. The normalized spacial score (nSPS) is 14.8. The average Bonchev–Trinajstić information content (AvgIpc) is 4.28. The maximum atomic E-state index is 14.3. The molecule has 2 aromatic carbocycles. The van der Waals surface area contributed by atoms with Crippen molar-refractivity contribution < 1.29 is 79.3 Å². The molecular weight excluding hydrogens is 1080 g/mol. The van der Waals surface area contributed by atoms with Gasteiger partial charge < -0.3 is 61.7 Å². The van der Waals surface area contributed by atoms with Gasteiger partial charge in [0, 0.05) is 49.4 Å². The summed E-state index contributed by atoms with van der Waals surface area (Å²) in [7, 11) is 0. The smallest absolute Gasteiger partial charge is 0.313 e. The van der Waals surface area contributed by atoms with E-state index in [2.05, 4.69) is 24.6 Å². The van der Waals surface area contributed by atoms with E-state index in [0.29, 0.717) is 123 Å². The number of carbonyl (C=O) groups is 3. The van der Waals surface area contributed by atoms with Crippen LogP contribution in [-0.4, -0.2) is 178 Å². The topological polar surface area (TPSA) is 211 Å². The van der Waals surface area contributed by atoms with E-state index in [4.69, 9.17) is 59.2 Å². The van der Waals surface area contributed by atoms with Crippen LogP contribution in [0.25, 0.3) is 11.0 Å². The van der Waals surface area contributed by atoms with Gasteiger partial charge in [-0.1, -0.05) is 23.2 Å². The van der Waals surface area contributed by atoms with Gasteiger partial charge in [-0.3, -0.25) is 19.4 Å². The number of anilines is 1. The number of imidazole rings is 1. The van der Waals surface area contributed by atoms with Crippen LogP contribution in [0.4, 0.5) is 23.2 Å². The van der Waals surface area contributed by atoms with Crippen LogP contribution < -0.4 is 9.64 Å². The lowest BCUT2D eigenvalue weighted by Crippen LogP contribution is -2.66. The number of carbonyl (C=O) groups excluding carboxylic acids is 3. The Hall–Kier alpha value is -5.74. The van der Waals surface area contributed by atoms with E-state index < -0.39 is 46.8 Å². The van der Waals surface area contributed by atoms with Crippen LogP contribution in [0.3, 0.4) is 0 Å². The number of ether oxygens (including phenoxy) is 10. The van der Waals surface area contributed by atoms with Crippen LogP contribution in [0, 0.1) is 29.2 Å². The molecule has 0 unspecified atom stereocenters. The van der Waals surface area contributed by atoms with Crippen LogP contribution in [0.5, 0.6) is 5.75 Å². The second-order valence-corrected chi connectivity index (χ2v) is 19.6. The molecule has 1 spiro atoms. The summed E-state index contributed by atoms with van der Waals surface area (Å²) >= 11 is 6.37. The number of hydrogen-bond donors (Lipinski definition) is 0. The molecule has 21 nitrogen and oxygen atoms in total. The van der Waals surface area contributed by atoms with Gasteiger partial charge in [-0.15, -0.1) is 5.10 Å². The summed E-state index contributed by atoms with van der Waals surface area (Å²) in [6, 6.07) is 7.60. The molecule has 2 fully saturated rings. The summed E-state index contributed by atoms with van der Waals surface area (Å²) in [5.74, 6) is -8.54. The number of esters is 1. The Kier molecular flexibility index (Phi) is 23.3. The van der Waals surface area contributed by atoms with Crippen molar-refractivity contribution in [2.45, 2.75) is 70.2 Å². The first-order chi connectivity index (χ1) is 39.0. The molecule has 3 aromatic heterocycles. The molecule has 5 aromatic rings. The van der Waals surface area contributed by atoms with Gasteiger partial charge in [0.05, 0.1) is 161 Å². The molecule has 0 radical (unpaired) electrons. The average molecular weight is 1150 g/mol. The molecule has 2 amide bonds. The number of aryl methyl sites for hydroxylation is 1. The molecule has 1 saturated heterocycles. The molecule has 3 aliphatic rings. The molecule has 0 atom stereocenters. The van der Waals surface area contributed by atoms with Crippen LogP contribution in [-0.2, 0) is 88.7 Å². The number of pyridine rings is 1. The van der Waals surface area contributed by atoms with Crippen molar-refractivity contribution in [3.8, 4) is 5.75 Å². The number of fused-ring (bicyclic) bond motifs is 3. The third-order valence-electron chi connectivity index (χ3n) is 13.6. The van der Waals surface area contributed by atoms with Crippen molar-refractivity contribution in [2.75, 3.05) is 130 Å². The van der Waals surface area contributed by atoms with Gasteiger partial charge in [0.25, 0.3) is 0 Å². The standard InChI is InChI=1S/C54H67ClF4N8O13/c55-39-6-7-45-44(30-39)61-47(34-67-46-32-60-10-8-41(46)54(53(67)70)36-64(37-54)52(69)38-4-3-5-38)66(45)11-1-2-13-71-16-19-74-22-25-77-26-27-78-28-29-79-35-40-33-65(63-62-40)12-15-73-18-21-76-24-23-75-20-17-72-14-9-48(68)80-51-49(58)42(56)31-43(57)50(51)59/h6-8,10,30-33,38H,1-5,9,11-29,34-37H2. The lowest BCUT2D eigenvalue weighted by Gasteiger charge is -2.48. The molecule has 1 aliphatic carbocycles. The monoisotopic (exact) mass is 1150 g/mol. The highest BCUT2D eigenvalue weighted by Gasteiger charge is 2.60. The molecule has 0 N–H and O–H groups in total. The number of rotatable bonds is 38. The second-order valence-electron chi connectivity index (χ2n) is 19.2. The Balaban J connectivity index is 0.573. The fourth-order valence-corrected chi connectivity index (χ4v) is 9.38. The molecule has 2 aliphatic heterocycles. The number of amides is 2. The third-order valence-corrected chi connectivity index (χ3v) is 13.8. The zero-order valence-electron chi connectivity index (χ0n) is 44.5. The van der Waals surface area contributed by atoms with Gasteiger partial charge in [-0.05, 0) is 55.5 Å². The highest BCUT2D eigenvalue weighted by atomic mass is 35.5. The lowest BCUT2D eigenvalue weighted by atomic mass is 9.73. The van der Waals surface area contributed by atoms with Gasteiger partial charge in [-0.2, -0.15) is 8.78 Å². The highest BCUT2D eigenvalue weighted by Crippen LogP contribution is 2.48. The minimum absolute atomic E-state index is 0.0161. The van der Waals surface area contributed by atoms with E-state index in [9.17, 15) is 31.9 Å². The van der Waals surface area contributed by atoms with Crippen LogP contribution >= 0.6 is 11.6 Å². The summed E-state index contributed by atoms with van der Waals surface area (Å²) in [6.07, 6.45) is 9.43. The first kappa shape index (κ1) is 60.4. The van der Waals surface area contributed by atoms with E-state index in [1.54, 1.807) is 28.2 Å². The van der Waals surface area contributed by atoms with Crippen molar-refractivity contribution in [3.05, 3.63) is 94.3 Å². The van der Waals surface area contributed by atoms with E-state index in [1.807, 2.05) is 29.2 Å². The Morgan fingerprint density at radius 1 is 0.700 bits per heavy atom. The largest absolute Gasteiger partial charge is 0.420 e. The van der Waals surface area contributed by atoms with Crippen LogP contribution in [0.15, 0.2) is 48.9 Å². The fourth-order valence-electron chi connectivity index (χ4n) is 9.22. The van der Waals surface area contributed by atoms with Crippen molar-refractivity contribution in [2.24, 2.45) is 5.92 Å². The molecule has 436 valence electrons. The van der Waals surface area contributed by atoms with Crippen LogP contribution in [0.2, 0.25) is 5.02 Å².